The van der Waals surface area contributed by atoms with Gasteiger partial charge in [0.2, 0.25) is 0 Å². The first kappa shape index (κ1) is 24.7. The molecule has 5 nitrogen and oxygen atoms in total. The van der Waals surface area contributed by atoms with Gasteiger partial charge in [-0.25, -0.2) is 4.89 Å². The Morgan fingerprint density at radius 2 is 1.72 bits per heavy atom. The number of nitrogens with two attached hydrogens (primary N) is 1. The van der Waals surface area contributed by atoms with Gasteiger partial charge in [0.1, 0.15) is 17.6 Å². The molecule has 1 saturated heterocycles. The number of rotatable bonds is 7. The molecule has 7 heteroatoms. The Balaban J connectivity index is 1.14. The van der Waals surface area contributed by atoms with Crippen molar-refractivity contribution in [3.8, 4) is 10.4 Å². The van der Waals surface area contributed by atoms with Crippen molar-refractivity contribution >= 4 is 41.4 Å². The van der Waals surface area contributed by atoms with Crippen LogP contribution >= 0.6 is 18.8 Å². The first-order valence-corrected chi connectivity index (χ1v) is 15.2. The smallest absolute Gasteiger partial charge is 0.255 e. The normalized spacial score (nSPS) is 15.5. The molecule has 36 heavy (non-hydrogen) atoms. The van der Waals surface area contributed by atoms with Crippen molar-refractivity contribution < 1.29 is 9.69 Å². The van der Waals surface area contributed by atoms with Crippen LogP contribution in [-0.4, -0.2) is 47.7 Å². The van der Waals surface area contributed by atoms with Gasteiger partial charge in [0, 0.05) is 30.1 Å². The number of amides is 1. The fraction of sp³-hybridized carbons (Fsp3) is 0.207. The van der Waals surface area contributed by atoms with E-state index in [2.05, 4.69) is 28.4 Å². The average Bonchev–Trinajstić information content (AvgIpc) is 3.46. The second kappa shape index (κ2) is 10.9. The third-order valence-corrected chi connectivity index (χ3v) is 10.9. The second-order valence-electron chi connectivity index (χ2n) is 9.23. The van der Waals surface area contributed by atoms with Crippen LogP contribution < -0.4 is 16.4 Å². The van der Waals surface area contributed by atoms with E-state index in [1.807, 2.05) is 72.1 Å². The molecule has 184 valence electrons. The Kier molecular flexibility index (Phi) is 7.49. The molecular weight excluding hydrogens is 485 g/mol. The predicted octanol–water partition coefficient (Wildman–Crippen LogP) is 5.36. The number of hydrogen-bond donors (Lipinski definition) is 3. The fourth-order valence-electron chi connectivity index (χ4n) is 4.59. The summed E-state index contributed by atoms with van der Waals surface area (Å²) in [5.74, 6) is -0.170. The van der Waals surface area contributed by atoms with Gasteiger partial charge in [0.25, 0.3) is 5.91 Å². The van der Waals surface area contributed by atoms with Crippen LogP contribution in [0.4, 0.5) is 11.4 Å². The summed E-state index contributed by atoms with van der Waals surface area (Å²) in [4.78, 5) is 27.6. The Bertz CT molecular complexity index is 1300. The van der Waals surface area contributed by atoms with Crippen LogP contribution in [-0.2, 0) is 6.42 Å². The van der Waals surface area contributed by atoms with Crippen LogP contribution in [0.1, 0.15) is 15.9 Å². The zero-order valence-electron chi connectivity index (χ0n) is 20.1. The topological polar surface area (TPSA) is 78.6 Å². The Morgan fingerprint density at radius 1 is 0.972 bits per heavy atom. The molecule has 1 aromatic heterocycles. The van der Waals surface area contributed by atoms with E-state index < -0.39 is 7.49 Å². The summed E-state index contributed by atoms with van der Waals surface area (Å²) in [7, 11) is -2.01. The van der Waals surface area contributed by atoms with Gasteiger partial charge in [-0.1, -0.05) is 42.5 Å². The molecule has 1 amide bonds. The number of carbonyl (C=O) groups is 1. The van der Waals surface area contributed by atoms with Gasteiger partial charge in [-0.2, -0.15) is 0 Å². The van der Waals surface area contributed by atoms with Crippen LogP contribution in [0.3, 0.4) is 0 Å². The number of nitrogens with zero attached hydrogens (tertiary/aromatic N) is 1. The maximum absolute atomic E-state index is 12.9. The van der Waals surface area contributed by atoms with E-state index in [-0.39, 0.29) is 5.91 Å². The van der Waals surface area contributed by atoms with Crippen molar-refractivity contribution in [2.24, 2.45) is 0 Å². The molecule has 5 rings (SSSR count). The molecule has 0 unspecified atom stereocenters. The number of anilines is 2. The van der Waals surface area contributed by atoms with E-state index >= 15 is 0 Å². The molecule has 0 saturated carbocycles. The van der Waals surface area contributed by atoms with Gasteiger partial charge in [-0.15, -0.1) is 11.3 Å². The van der Waals surface area contributed by atoms with Crippen LogP contribution in [0.2, 0.25) is 0 Å². The molecule has 1 aliphatic heterocycles. The van der Waals surface area contributed by atoms with Crippen LogP contribution in [0, 0.1) is 0 Å². The van der Waals surface area contributed by atoms with Gasteiger partial charge >= 0.3 is 0 Å². The van der Waals surface area contributed by atoms with Crippen molar-refractivity contribution in [3.05, 3.63) is 101 Å². The van der Waals surface area contributed by atoms with Gasteiger partial charge < -0.3 is 11.1 Å². The highest BCUT2D eigenvalue weighted by Crippen LogP contribution is 2.54. The number of nitrogens with one attached hydrogen (secondary N) is 1. The SMILES string of the molecule is Nc1ccc(-c2cccs2)cc1NC(=O)c1ccc(CCN2CC[P+](O)(c3ccccc3)CC2)cc1. The highest BCUT2D eigenvalue weighted by atomic mass is 32.1. The summed E-state index contributed by atoms with van der Waals surface area (Å²) in [6, 6.07) is 27.7. The molecule has 0 radical (unpaired) electrons. The lowest BCUT2D eigenvalue weighted by atomic mass is 10.1. The van der Waals surface area contributed by atoms with E-state index in [1.54, 1.807) is 11.3 Å². The summed E-state index contributed by atoms with van der Waals surface area (Å²) in [6.07, 6.45) is 2.62. The summed E-state index contributed by atoms with van der Waals surface area (Å²) < 4.78 is 0. The maximum atomic E-state index is 12.9. The lowest BCUT2D eigenvalue weighted by Gasteiger charge is -2.32. The Hall–Kier alpha value is -3.02. The maximum Gasteiger partial charge on any atom is 0.255 e. The first-order chi connectivity index (χ1) is 17.5. The fourth-order valence-corrected chi connectivity index (χ4v) is 8.01. The molecule has 1 aliphatic rings. The van der Waals surface area contributed by atoms with Crippen LogP contribution in [0.15, 0.2) is 90.3 Å². The van der Waals surface area contributed by atoms with Gasteiger partial charge in [0.05, 0.1) is 11.4 Å². The lowest BCUT2D eigenvalue weighted by Crippen LogP contribution is -2.40. The summed E-state index contributed by atoms with van der Waals surface area (Å²) in [5, 5.41) is 6.12. The van der Waals surface area contributed by atoms with E-state index in [4.69, 9.17) is 5.73 Å². The van der Waals surface area contributed by atoms with E-state index in [9.17, 15) is 9.69 Å². The molecule has 3 aromatic carbocycles. The van der Waals surface area contributed by atoms with Crippen molar-refractivity contribution in [1.82, 2.24) is 4.90 Å². The molecule has 1 fully saturated rings. The average molecular weight is 517 g/mol. The molecular formula is C29H31N3O2PS+. The molecule has 4 N–H and O–H groups in total. The molecule has 4 aromatic rings. The number of carbonyl (C=O) groups excluding carboxylic acids is 1. The van der Waals surface area contributed by atoms with Crippen molar-refractivity contribution in [1.29, 1.82) is 0 Å². The van der Waals surface area contributed by atoms with Crippen molar-refractivity contribution in [3.63, 3.8) is 0 Å². The molecule has 0 aliphatic carbocycles. The molecule has 0 spiro atoms. The molecule has 2 heterocycles. The number of nitrogen functional groups attached to an aromatic ring is 1. The third-order valence-electron chi connectivity index (χ3n) is 6.85. The highest BCUT2D eigenvalue weighted by molar-refractivity contribution is 7.77. The minimum absolute atomic E-state index is 0.170. The summed E-state index contributed by atoms with van der Waals surface area (Å²) in [6.45, 7) is 2.80. The molecule has 0 bridgehead atoms. The second-order valence-corrected chi connectivity index (χ2v) is 13.4. The minimum Gasteiger partial charge on any atom is -0.397 e. The minimum atomic E-state index is -2.01. The number of thiophene rings is 1. The largest absolute Gasteiger partial charge is 0.397 e. The molecule has 0 atom stereocenters. The zero-order chi connectivity index (χ0) is 25.0. The lowest BCUT2D eigenvalue weighted by molar-refractivity contribution is 0.102. The van der Waals surface area contributed by atoms with Crippen LogP contribution in [0.5, 0.6) is 0 Å². The van der Waals surface area contributed by atoms with Crippen molar-refractivity contribution in [2.75, 3.05) is 43.0 Å². The van der Waals surface area contributed by atoms with Crippen LogP contribution in [0.25, 0.3) is 10.4 Å². The summed E-state index contributed by atoms with van der Waals surface area (Å²) >= 11 is 1.65. The highest BCUT2D eigenvalue weighted by Gasteiger charge is 2.41. The quantitative estimate of drug-likeness (QED) is 0.228. The Labute approximate surface area is 217 Å². The monoisotopic (exact) mass is 516 g/mol. The summed E-state index contributed by atoms with van der Waals surface area (Å²) in [5.41, 5.74) is 10.1. The van der Waals surface area contributed by atoms with E-state index in [1.165, 1.54) is 5.56 Å². The van der Waals surface area contributed by atoms with Gasteiger partial charge in [0.15, 0.2) is 7.49 Å². The third kappa shape index (κ3) is 5.69. The van der Waals surface area contributed by atoms with Crippen molar-refractivity contribution in [2.45, 2.75) is 6.42 Å². The number of benzene rings is 3. The number of hydrogen-bond acceptors (Lipinski definition) is 5. The standard InChI is InChI=1S/C29H30N3O2PS/c30-26-13-12-24(28-7-4-20-36-28)21-27(26)31-29(33)23-10-8-22(9-11-23)14-15-32-16-18-35(34,19-17-32)25-5-2-1-3-6-25/h1-13,20-21,34H,14-19,30H2/p+1. The van der Waals surface area contributed by atoms with Gasteiger partial charge in [-0.3, -0.25) is 9.69 Å². The van der Waals surface area contributed by atoms with E-state index in [0.717, 1.165) is 54.1 Å². The van der Waals surface area contributed by atoms with Gasteiger partial charge in [-0.05, 0) is 65.4 Å². The zero-order valence-corrected chi connectivity index (χ0v) is 21.8. The predicted molar refractivity (Wildman–Crippen MR) is 154 cm³/mol. The first-order valence-electron chi connectivity index (χ1n) is 12.2. The Morgan fingerprint density at radius 3 is 2.42 bits per heavy atom. The van der Waals surface area contributed by atoms with E-state index in [0.29, 0.717) is 16.9 Å².